The van der Waals surface area contributed by atoms with E-state index in [1.165, 1.54) is 6.07 Å². The summed E-state index contributed by atoms with van der Waals surface area (Å²) in [7, 11) is 0. The van der Waals surface area contributed by atoms with Gasteiger partial charge in [0.05, 0.1) is 0 Å². The number of hydrogen-bond acceptors (Lipinski definition) is 2. The van der Waals surface area contributed by atoms with E-state index in [9.17, 15) is 4.79 Å². The van der Waals surface area contributed by atoms with Gasteiger partial charge >= 0.3 is 5.63 Å². The Bertz CT molecular complexity index is 559. The van der Waals surface area contributed by atoms with Crippen molar-refractivity contribution in [1.29, 1.82) is 0 Å². The quantitative estimate of drug-likeness (QED) is 0.746. The first-order valence-corrected chi connectivity index (χ1v) is 5.68. The van der Waals surface area contributed by atoms with E-state index in [-0.39, 0.29) is 11.0 Å². The first-order valence-electron chi connectivity index (χ1n) is 5.68. The normalized spacial score (nSPS) is 11.5. The van der Waals surface area contributed by atoms with Gasteiger partial charge in [-0.15, -0.1) is 0 Å². The second-order valence-electron chi connectivity index (χ2n) is 5.15. The van der Waals surface area contributed by atoms with Gasteiger partial charge < -0.3 is 4.42 Å². The monoisotopic (exact) mass is 228 g/mol. The Morgan fingerprint density at radius 1 is 0.941 bits per heavy atom. The van der Waals surface area contributed by atoms with Crippen molar-refractivity contribution in [1.82, 2.24) is 0 Å². The fourth-order valence-electron chi connectivity index (χ4n) is 1.64. The molecule has 0 radical (unpaired) electrons. The van der Waals surface area contributed by atoms with Crippen molar-refractivity contribution in [2.24, 2.45) is 0 Å². The largest absolute Gasteiger partial charge is 0.427 e. The highest BCUT2D eigenvalue weighted by molar-refractivity contribution is 5.63. The minimum Gasteiger partial charge on any atom is -0.427 e. The maximum atomic E-state index is 11.6. The van der Waals surface area contributed by atoms with Crippen LogP contribution in [0.2, 0.25) is 0 Å². The maximum absolute atomic E-state index is 11.6. The molecule has 2 heteroatoms. The Balaban J connectivity index is 2.58. The maximum Gasteiger partial charge on any atom is 0.336 e. The van der Waals surface area contributed by atoms with Gasteiger partial charge in [0.2, 0.25) is 0 Å². The summed E-state index contributed by atoms with van der Waals surface area (Å²) in [5.41, 5.74) is 1.48. The molecule has 2 nitrogen and oxygen atoms in total. The van der Waals surface area contributed by atoms with Gasteiger partial charge in [-0.2, -0.15) is 0 Å². The van der Waals surface area contributed by atoms with Crippen LogP contribution < -0.4 is 5.63 Å². The van der Waals surface area contributed by atoms with Crippen molar-refractivity contribution in [2.45, 2.75) is 26.2 Å². The molecule has 0 bridgehead atoms. The van der Waals surface area contributed by atoms with Crippen LogP contribution in [0.5, 0.6) is 0 Å². The second-order valence-corrected chi connectivity index (χ2v) is 5.15. The van der Waals surface area contributed by atoms with Gasteiger partial charge in [0.1, 0.15) is 5.76 Å². The molecule has 0 fully saturated rings. The fourth-order valence-corrected chi connectivity index (χ4v) is 1.64. The van der Waals surface area contributed by atoms with Crippen molar-refractivity contribution in [3.63, 3.8) is 0 Å². The number of rotatable bonds is 1. The summed E-state index contributed by atoms with van der Waals surface area (Å²) >= 11 is 0. The molecule has 0 amide bonds. The van der Waals surface area contributed by atoms with Crippen molar-refractivity contribution in [3.8, 4) is 11.1 Å². The Morgan fingerprint density at radius 3 is 2.18 bits per heavy atom. The smallest absolute Gasteiger partial charge is 0.336 e. The third-order valence-corrected chi connectivity index (χ3v) is 2.62. The summed E-state index contributed by atoms with van der Waals surface area (Å²) in [5, 5.41) is 0. The van der Waals surface area contributed by atoms with E-state index in [0.29, 0.717) is 5.76 Å². The fraction of sp³-hybridized carbons (Fsp3) is 0.267. The lowest BCUT2D eigenvalue weighted by atomic mass is 9.91. The van der Waals surface area contributed by atoms with Crippen LogP contribution >= 0.6 is 0 Å². The van der Waals surface area contributed by atoms with E-state index in [1.54, 1.807) is 0 Å². The molecule has 0 unspecified atom stereocenters. The van der Waals surface area contributed by atoms with Gasteiger partial charge in [-0.3, -0.25) is 0 Å². The molecule has 0 N–H and O–H groups in total. The Morgan fingerprint density at radius 2 is 1.59 bits per heavy atom. The van der Waals surface area contributed by atoms with E-state index < -0.39 is 0 Å². The van der Waals surface area contributed by atoms with Crippen LogP contribution in [-0.2, 0) is 5.41 Å². The zero-order chi connectivity index (χ0) is 12.5. The predicted octanol–water partition coefficient (Wildman–Crippen LogP) is 3.60. The van der Waals surface area contributed by atoms with Gasteiger partial charge in [0.15, 0.2) is 0 Å². The van der Waals surface area contributed by atoms with Gasteiger partial charge in [-0.1, -0.05) is 51.1 Å². The van der Waals surface area contributed by atoms with E-state index >= 15 is 0 Å². The standard InChI is InChI=1S/C15H16O2/c1-15(2,3)13-9-12(10-14(16)17-13)11-7-5-4-6-8-11/h4-10H,1-3H3. The van der Waals surface area contributed by atoms with E-state index in [0.717, 1.165) is 11.1 Å². The number of benzene rings is 1. The summed E-state index contributed by atoms with van der Waals surface area (Å²) in [6, 6.07) is 13.3. The third kappa shape index (κ3) is 2.64. The molecule has 17 heavy (non-hydrogen) atoms. The second kappa shape index (κ2) is 4.21. The Hall–Kier alpha value is -1.83. The lowest BCUT2D eigenvalue weighted by Crippen LogP contribution is -2.14. The topological polar surface area (TPSA) is 30.2 Å². The average Bonchev–Trinajstić information content (AvgIpc) is 2.28. The van der Waals surface area contributed by atoms with Crippen LogP contribution in [0.3, 0.4) is 0 Å². The molecular weight excluding hydrogens is 212 g/mol. The van der Waals surface area contributed by atoms with E-state index in [1.807, 2.05) is 57.2 Å². The van der Waals surface area contributed by atoms with Crippen LogP contribution in [-0.4, -0.2) is 0 Å². The predicted molar refractivity (Wildman–Crippen MR) is 69.1 cm³/mol. The molecule has 0 aliphatic rings. The van der Waals surface area contributed by atoms with Crippen molar-refractivity contribution in [3.05, 3.63) is 58.6 Å². The zero-order valence-corrected chi connectivity index (χ0v) is 10.4. The van der Waals surface area contributed by atoms with Gasteiger partial charge in [-0.25, -0.2) is 4.79 Å². The van der Waals surface area contributed by atoms with Crippen LogP contribution in [0.4, 0.5) is 0 Å². The summed E-state index contributed by atoms with van der Waals surface area (Å²) in [5.74, 6) is 0.712. The van der Waals surface area contributed by atoms with E-state index in [4.69, 9.17) is 4.42 Å². The number of hydrogen-bond donors (Lipinski definition) is 0. The zero-order valence-electron chi connectivity index (χ0n) is 10.4. The minimum absolute atomic E-state index is 0.163. The van der Waals surface area contributed by atoms with Crippen LogP contribution in [0, 0.1) is 0 Å². The molecule has 2 aromatic rings. The molecule has 0 saturated heterocycles. The minimum atomic E-state index is -0.295. The molecule has 1 heterocycles. The Labute approximate surface area is 101 Å². The summed E-state index contributed by atoms with van der Waals surface area (Å²) in [6.07, 6.45) is 0. The molecule has 1 aromatic carbocycles. The molecule has 0 aliphatic carbocycles. The average molecular weight is 228 g/mol. The van der Waals surface area contributed by atoms with Crippen molar-refractivity contribution >= 4 is 0 Å². The highest BCUT2D eigenvalue weighted by atomic mass is 16.4. The Kier molecular flexibility index (Phi) is 2.88. The third-order valence-electron chi connectivity index (χ3n) is 2.62. The van der Waals surface area contributed by atoms with Crippen LogP contribution in [0.1, 0.15) is 26.5 Å². The molecule has 2 rings (SSSR count). The summed E-state index contributed by atoms with van der Waals surface area (Å²) in [6.45, 7) is 6.08. The summed E-state index contributed by atoms with van der Waals surface area (Å²) < 4.78 is 5.25. The van der Waals surface area contributed by atoms with Gasteiger partial charge in [-0.05, 0) is 17.2 Å². The molecule has 88 valence electrons. The van der Waals surface area contributed by atoms with Gasteiger partial charge in [0.25, 0.3) is 0 Å². The van der Waals surface area contributed by atoms with Crippen molar-refractivity contribution in [2.75, 3.05) is 0 Å². The molecule has 0 saturated carbocycles. The first kappa shape index (κ1) is 11.6. The van der Waals surface area contributed by atoms with Gasteiger partial charge in [0, 0.05) is 11.5 Å². The van der Waals surface area contributed by atoms with Crippen molar-refractivity contribution < 1.29 is 4.42 Å². The van der Waals surface area contributed by atoms with E-state index in [2.05, 4.69) is 0 Å². The lowest BCUT2D eigenvalue weighted by Gasteiger charge is -2.17. The molecular formula is C15H16O2. The highest BCUT2D eigenvalue weighted by Crippen LogP contribution is 2.25. The SMILES string of the molecule is CC(C)(C)c1cc(-c2ccccc2)cc(=O)o1. The molecule has 1 aromatic heterocycles. The molecule has 0 atom stereocenters. The molecule has 0 spiro atoms. The van der Waals surface area contributed by atoms with Crippen LogP contribution in [0.25, 0.3) is 11.1 Å². The lowest BCUT2D eigenvalue weighted by molar-refractivity contribution is 0.378. The molecule has 0 aliphatic heterocycles. The summed E-state index contributed by atoms with van der Waals surface area (Å²) in [4.78, 5) is 11.6. The van der Waals surface area contributed by atoms with Crippen LogP contribution in [0.15, 0.2) is 51.7 Å². The first-order chi connectivity index (χ1) is 7.97. The highest BCUT2D eigenvalue weighted by Gasteiger charge is 2.18.